The molecule has 0 aliphatic heterocycles. The maximum Gasteiger partial charge on any atom is 0.315 e. The summed E-state index contributed by atoms with van der Waals surface area (Å²) in [7, 11) is -3.50. The van der Waals surface area contributed by atoms with Crippen LogP contribution in [0, 0.1) is 5.92 Å². The zero-order chi connectivity index (χ0) is 16.3. The number of ether oxygens (including phenoxy) is 2. The topological polar surface area (TPSA) is 120 Å². The van der Waals surface area contributed by atoms with Crippen molar-refractivity contribution < 1.29 is 22.7 Å². The van der Waals surface area contributed by atoms with Crippen LogP contribution in [0.5, 0.6) is 0 Å². The van der Waals surface area contributed by atoms with Crippen molar-refractivity contribution in [1.29, 1.82) is 0 Å². The Balaban J connectivity index is 3.77. The Bertz CT molecular complexity index is 386. The molecule has 8 nitrogen and oxygen atoms in total. The van der Waals surface area contributed by atoms with Crippen molar-refractivity contribution >= 4 is 16.1 Å². The van der Waals surface area contributed by atoms with Crippen molar-refractivity contribution in [3.05, 3.63) is 0 Å². The molecule has 0 aromatic carbocycles. The van der Waals surface area contributed by atoms with Gasteiger partial charge in [-0.1, -0.05) is 13.8 Å². The summed E-state index contributed by atoms with van der Waals surface area (Å²) in [6.45, 7) is 7.49. The van der Waals surface area contributed by atoms with E-state index in [1.807, 2.05) is 20.8 Å². The molecule has 0 aromatic rings. The van der Waals surface area contributed by atoms with E-state index in [1.54, 1.807) is 0 Å². The van der Waals surface area contributed by atoms with E-state index in [9.17, 15) is 13.2 Å². The summed E-state index contributed by atoms with van der Waals surface area (Å²) >= 11 is 0. The number of hydrogen-bond acceptors (Lipinski definition) is 5. The molecule has 0 spiro atoms. The lowest BCUT2D eigenvalue weighted by Gasteiger charge is -2.22. The Kier molecular flexibility index (Phi) is 10.3. The van der Waals surface area contributed by atoms with E-state index in [2.05, 4.69) is 10.6 Å². The standard InChI is InChI=1S/C12H27N3O5S/c1-4-19-9-11(10(2)3)15-12(16)14-5-6-20-7-8-21(13,17)18/h10-11H,4-9H2,1-3H3,(H2,13,17,18)(H2,14,15,16)/t11-/m0/s1. The SMILES string of the molecule is CCOC[C@H](NC(=O)NCCOCCS(N)(=O)=O)C(C)C. The summed E-state index contributed by atoms with van der Waals surface area (Å²) < 4.78 is 31.7. The molecule has 21 heavy (non-hydrogen) atoms. The third-order valence-corrected chi connectivity index (χ3v) is 3.40. The Morgan fingerprint density at radius 3 is 2.43 bits per heavy atom. The second-order valence-electron chi connectivity index (χ2n) is 4.89. The molecule has 0 bridgehead atoms. The highest BCUT2D eigenvalue weighted by molar-refractivity contribution is 7.89. The van der Waals surface area contributed by atoms with Crippen LogP contribution in [0.1, 0.15) is 20.8 Å². The molecule has 0 heterocycles. The summed E-state index contributed by atoms with van der Waals surface area (Å²) in [6, 6.07) is -0.364. The Morgan fingerprint density at radius 1 is 1.24 bits per heavy atom. The minimum absolute atomic E-state index is 0.0150. The number of nitrogens with two attached hydrogens (primary N) is 1. The molecular formula is C12H27N3O5S. The number of nitrogens with one attached hydrogen (secondary N) is 2. The van der Waals surface area contributed by atoms with E-state index in [1.165, 1.54) is 0 Å². The number of carbonyl (C=O) groups excluding carboxylic acids is 1. The second kappa shape index (κ2) is 10.8. The van der Waals surface area contributed by atoms with Crippen molar-refractivity contribution in [2.24, 2.45) is 11.1 Å². The van der Waals surface area contributed by atoms with Crippen LogP contribution >= 0.6 is 0 Å². The quantitative estimate of drug-likeness (QED) is 0.449. The van der Waals surface area contributed by atoms with Crippen molar-refractivity contribution in [1.82, 2.24) is 10.6 Å². The van der Waals surface area contributed by atoms with Gasteiger partial charge in [0.2, 0.25) is 10.0 Å². The third kappa shape index (κ3) is 12.5. The van der Waals surface area contributed by atoms with Gasteiger partial charge in [0.1, 0.15) is 0 Å². The van der Waals surface area contributed by atoms with E-state index in [0.717, 1.165) is 0 Å². The number of primary sulfonamides is 1. The molecule has 126 valence electrons. The molecule has 0 aliphatic rings. The zero-order valence-corrected chi connectivity index (χ0v) is 13.7. The Labute approximate surface area is 126 Å². The molecule has 0 radical (unpaired) electrons. The fraction of sp³-hybridized carbons (Fsp3) is 0.917. The van der Waals surface area contributed by atoms with Gasteiger partial charge >= 0.3 is 6.03 Å². The van der Waals surface area contributed by atoms with Gasteiger partial charge in [-0.3, -0.25) is 0 Å². The molecular weight excluding hydrogens is 298 g/mol. The van der Waals surface area contributed by atoms with E-state index in [4.69, 9.17) is 14.6 Å². The summed E-state index contributed by atoms with van der Waals surface area (Å²) in [6.07, 6.45) is 0. The maximum atomic E-state index is 11.7. The van der Waals surface area contributed by atoms with Gasteiger partial charge in [0, 0.05) is 13.2 Å². The average Bonchev–Trinajstić information content (AvgIpc) is 2.37. The van der Waals surface area contributed by atoms with Gasteiger partial charge in [-0.2, -0.15) is 0 Å². The van der Waals surface area contributed by atoms with Crippen LogP contribution in [0.3, 0.4) is 0 Å². The molecule has 4 N–H and O–H groups in total. The number of hydrogen-bond donors (Lipinski definition) is 3. The zero-order valence-electron chi connectivity index (χ0n) is 12.9. The minimum Gasteiger partial charge on any atom is -0.380 e. The number of carbonyl (C=O) groups is 1. The second-order valence-corrected chi connectivity index (χ2v) is 6.62. The highest BCUT2D eigenvalue weighted by Crippen LogP contribution is 2.01. The first-order valence-electron chi connectivity index (χ1n) is 6.96. The number of sulfonamides is 1. The molecule has 0 fully saturated rings. The van der Waals surface area contributed by atoms with Crippen molar-refractivity contribution in [2.75, 3.05) is 38.7 Å². The smallest absolute Gasteiger partial charge is 0.315 e. The van der Waals surface area contributed by atoms with Gasteiger partial charge in [0.15, 0.2) is 0 Å². The predicted molar refractivity (Wildman–Crippen MR) is 80.4 cm³/mol. The van der Waals surface area contributed by atoms with Crippen LogP contribution in [0.2, 0.25) is 0 Å². The van der Waals surface area contributed by atoms with Crippen LogP contribution in [-0.4, -0.2) is 59.2 Å². The average molecular weight is 325 g/mol. The van der Waals surface area contributed by atoms with Crippen LogP contribution in [0.15, 0.2) is 0 Å². The lowest BCUT2D eigenvalue weighted by atomic mass is 10.1. The monoisotopic (exact) mass is 325 g/mol. The van der Waals surface area contributed by atoms with Gasteiger partial charge in [-0.15, -0.1) is 0 Å². The van der Waals surface area contributed by atoms with Gasteiger partial charge in [-0.25, -0.2) is 18.4 Å². The highest BCUT2D eigenvalue weighted by Gasteiger charge is 2.15. The lowest BCUT2D eigenvalue weighted by Crippen LogP contribution is -2.47. The van der Waals surface area contributed by atoms with Crippen LogP contribution in [0.4, 0.5) is 4.79 Å². The molecule has 9 heteroatoms. The van der Waals surface area contributed by atoms with Gasteiger partial charge < -0.3 is 20.1 Å². The summed E-state index contributed by atoms with van der Waals surface area (Å²) in [5.74, 6) is 0.0245. The van der Waals surface area contributed by atoms with Gasteiger partial charge in [0.25, 0.3) is 0 Å². The Morgan fingerprint density at radius 2 is 1.90 bits per heavy atom. The van der Waals surface area contributed by atoms with Crippen LogP contribution in [0.25, 0.3) is 0 Å². The largest absolute Gasteiger partial charge is 0.380 e. The molecule has 0 aromatic heterocycles. The minimum atomic E-state index is -3.50. The van der Waals surface area contributed by atoms with Crippen LogP contribution in [-0.2, 0) is 19.5 Å². The fourth-order valence-corrected chi connectivity index (χ4v) is 1.73. The van der Waals surface area contributed by atoms with Gasteiger partial charge in [0.05, 0.1) is 31.6 Å². The molecule has 0 aliphatic carbocycles. The summed E-state index contributed by atoms with van der Waals surface area (Å²) in [5.41, 5.74) is 0. The molecule has 0 rings (SSSR count). The Hall–Kier alpha value is -0.900. The first-order valence-corrected chi connectivity index (χ1v) is 8.68. The normalized spacial score (nSPS) is 13.2. The summed E-state index contributed by atoms with van der Waals surface area (Å²) in [5, 5.41) is 10.3. The van der Waals surface area contributed by atoms with E-state index >= 15 is 0 Å². The van der Waals surface area contributed by atoms with E-state index < -0.39 is 10.0 Å². The molecule has 0 saturated heterocycles. The number of urea groups is 1. The summed E-state index contributed by atoms with van der Waals surface area (Å²) in [4.78, 5) is 11.7. The first-order chi connectivity index (χ1) is 9.76. The fourth-order valence-electron chi connectivity index (χ4n) is 1.38. The number of rotatable bonds is 11. The van der Waals surface area contributed by atoms with Gasteiger partial charge in [-0.05, 0) is 12.8 Å². The van der Waals surface area contributed by atoms with E-state index in [-0.39, 0.29) is 43.5 Å². The van der Waals surface area contributed by atoms with Crippen molar-refractivity contribution in [2.45, 2.75) is 26.8 Å². The maximum absolute atomic E-state index is 11.7. The third-order valence-electron chi connectivity index (χ3n) is 2.67. The molecule has 2 amide bonds. The first kappa shape index (κ1) is 20.1. The predicted octanol–water partition coefficient (Wildman–Crippen LogP) is -0.348. The number of amides is 2. The lowest BCUT2D eigenvalue weighted by molar-refractivity contribution is 0.110. The molecule has 1 atom stereocenters. The van der Waals surface area contributed by atoms with Crippen LogP contribution < -0.4 is 15.8 Å². The van der Waals surface area contributed by atoms with Crippen molar-refractivity contribution in [3.63, 3.8) is 0 Å². The van der Waals surface area contributed by atoms with E-state index in [0.29, 0.717) is 13.2 Å². The molecule has 0 unspecified atom stereocenters. The molecule has 0 saturated carbocycles. The van der Waals surface area contributed by atoms with Crippen molar-refractivity contribution in [3.8, 4) is 0 Å². The highest BCUT2D eigenvalue weighted by atomic mass is 32.2.